The van der Waals surface area contributed by atoms with Crippen LogP contribution in [0, 0.1) is 11.6 Å². The molecular weight excluding hydrogens is 602 g/mol. The van der Waals surface area contributed by atoms with E-state index in [1.165, 1.54) is 18.2 Å². The number of hydrogen-bond acceptors (Lipinski definition) is 7. The van der Waals surface area contributed by atoms with Gasteiger partial charge in [-0.2, -0.15) is 4.98 Å². The Hall–Kier alpha value is -3.54. The van der Waals surface area contributed by atoms with E-state index in [1.54, 1.807) is 15.5 Å². The number of piperazine rings is 2. The monoisotopic (exact) mass is 640 g/mol. The Morgan fingerprint density at radius 1 is 1.13 bits per heavy atom. The summed E-state index contributed by atoms with van der Waals surface area (Å²) in [5.41, 5.74) is 0.422. The minimum absolute atomic E-state index is 0.0859. The van der Waals surface area contributed by atoms with E-state index >= 15 is 4.39 Å². The van der Waals surface area contributed by atoms with E-state index in [4.69, 9.17) is 16.3 Å². The molecule has 0 bridgehead atoms. The van der Waals surface area contributed by atoms with Crippen molar-refractivity contribution in [2.45, 2.75) is 44.8 Å². The summed E-state index contributed by atoms with van der Waals surface area (Å²) in [7, 11) is 2.13. The van der Waals surface area contributed by atoms with Crippen LogP contribution in [-0.4, -0.2) is 102 Å². The summed E-state index contributed by atoms with van der Waals surface area (Å²) < 4.78 is 37.1. The predicted molar refractivity (Wildman–Crippen MR) is 172 cm³/mol. The fourth-order valence-corrected chi connectivity index (χ4v) is 7.20. The van der Waals surface area contributed by atoms with Gasteiger partial charge in [0.1, 0.15) is 24.1 Å². The van der Waals surface area contributed by atoms with Gasteiger partial charge in [0.15, 0.2) is 5.75 Å². The van der Waals surface area contributed by atoms with Gasteiger partial charge in [-0.15, -0.1) is 0 Å². The average molecular weight is 641 g/mol. The Bertz CT molecular complexity index is 1690. The highest BCUT2D eigenvalue weighted by atomic mass is 35.5. The van der Waals surface area contributed by atoms with Gasteiger partial charge in [0.2, 0.25) is 5.91 Å². The largest absolute Gasteiger partial charge is 0.488 e. The van der Waals surface area contributed by atoms with E-state index in [0.717, 1.165) is 45.2 Å². The van der Waals surface area contributed by atoms with Gasteiger partial charge >= 0.3 is 5.69 Å². The lowest BCUT2D eigenvalue weighted by Crippen LogP contribution is -2.58. The number of carbonyl (C=O) groups excluding carboxylic acids is 1. The van der Waals surface area contributed by atoms with Crippen molar-refractivity contribution in [1.29, 1.82) is 0 Å². The van der Waals surface area contributed by atoms with Crippen LogP contribution in [0.3, 0.4) is 0 Å². The third kappa shape index (κ3) is 5.93. The van der Waals surface area contributed by atoms with Crippen LogP contribution in [0.4, 0.5) is 14.6 Å². The molecule has 3 atom stereocenters. The van der Waals surface area contributed by atoms with Crippen molar-refractivity contribution in [2.75, 3.05) is 64.4 Å². The summed E-state index contributed by atoms with van der Waals surface area (Å²) in [6, 6.07) is 4.40. The highest BCUT2D eigenvalue weighted by Gasteiger charge is 2.36. The molecule has 0 saturated carbocycles. The van der Waals surface area contributed by atoms with Crippen LogP contribution in [0.1, 0.15) is 32.7 Å². The third-order valence-electron chi connectivity index (χ3n) is 9.41. The predicted octanol–water partition coefficient (Wildman–Crippen LogP) is 4.57. The number of ether oxygens (including phenoxy) is 1. The zero-order valence-electron chi connectivity index (χ0n) is 25.9. The van der Waals surface area contributed by atoms with Gasteiger partial charge in [0, 0.05) is 73.9 Å². The fraction of sp³-hybridized carbons (Fsp3) is 0.485. The molecule has 0 aliphatic carbocycles. The van der Waals surface area contributed by atoms with Crippen molar-refractivity contribution in [3.05, 3.63) is 64.1 Å². The molecule has 1 aromatic heterocycles. The van der Waals surface area contributed by atoms with E-state index in [1.807, 2.05) is 18.7 Å². The van der Waals surface area contributed by atoms with Crippen molar-refractivity contribution in [2.24, 2.45) is 0 Å². The molecule has 2 aromatic carbocycles. The van der Waals surface area contributed by atoms with Crippen LogP contribution in [0.5, 0.6) is 5.75 Å². The first kappa shape index (κ1) is 31.4. The molecule has 0 radical (unpaired) electrons. The minimum Gasteiger partial charge on any atom is -0.488 e. The maximum absolute atomic E-state index is 15.2. The molecule has 9 nitrogen and oxygen atoms in total. The van der Waals surface area contributed by atoms with Gasteiger partial charge in [-0.1, -0.05) is 18.2 Å². The second kappa shape index (κ2) is 12.7. The van der Waals surface area contributed by atoms with E-state index in [-0.39, 0.29) is 52.5 Å². The fourth-order valence-electron chi connectivity index (χ4n) is 6.90. The zero-order valence-corrected chi connectivity index (χ0v) is 26.7. The first-order chi connectivity index (χ1) is 21.6. The van der Waals surface area contributed by atoms with Crippen LogP contribution >= 0.6 is 11.6 Å². The molecule has 45 heavy (non-hydrogen) atoms. The SMILES string of the molecule is C=CC(=O)N1C[C@H](C)N(c2nc(=O)n3c4c(c(-c5ccc(F)cc5F)c(Cl)cc24)OC[C@H]3CCCN2CCN(C)CC2)C[C@H]1C. The Morgan fingerprint density at radius 3 is 2.60 bits per heavy atom. The lowest BCUT2D eigenvalue weighted by atomic mass is 9.98. The van der Waals surface area contributed by atoms with E-state index in [9.17, 15) is 14.0 Å². The van der Waals surface area contributed by atoms with Crippen LogP contribution in [0.15, 0.2) is 41.7 Å². The lowest BCUT2D eigenvalue weighted by molar-refractivity contribution is -0.128. The quantitative estimate of drug-likeness (QED) is 0.351. The van der Waals surface area contributed by atoms with Crippen LogP contribution < -0.4 is 15.3 Å². The first-order valence-corrected chi connectivity index (χ1v) is 15.9. The Morgan fingerprint density at radius 2 is 1.89 bits per heavy atom. The first-order valence-electron chi connectivity index (χ1n) is 15.5. The summed E-state index contributed by atoms with van der Waals surface area (Å²) in [5, 5.41) is 0.804. The maximum atomic E-state index is 15.2. The second-order valence-corrected chi connectivity index (χ2v) is 12.9. The van der Waals surface area contributed by atoms with Gasteiger partial charge < -0.3 is 24.3 Å². The van der Waals surface area contributed by atoms with Crippen LogP contribution in [0.2, 0.25) is 5.02 Å². The van der Waals surface area contributed by atoms with E-state index in [0.29, 0.717) is 36.2 Å². The summed E-state index contributed by atoms with van der Waals surface area (Å²) in [6.45, 7) is 13.6. The van der Waals surface area contributed by atoms with Crippen molar-refractivity contribution < 1.29 is 18.3 Å². The maximum Gasteiger partial charge on any atom is 0.350 e. The molecular formula is C33H39ClF2N6O3. The second-order valence-electron chi connectivity index (χ2n) is 12.5. The van der Waals surface area contributed by atoms with E-state index < -0.39 is 17.3 Å². The number of amides is 1. The number of aromatic nitrogens is 2. The van der Waals surface area contributed by atoms with Gasteiger partial charge in [-0.3, -0.25) is 9.36 Å². The number of anilines is 1. The van der Waals surface area contributed by atoms with E-state index in [2.05, 4.69) is 28.4 Å². The number of rotatable bonds is 7. The van der Waals surface area contributed by atoms with Crippen molar-refractivity contribution in [3.63, 3.8) is 0 Å². The molecule has 12 heteroatoms. The van der Waals surface area contributed by atoms with Gasteiger partial charge in [0.05, 0.1) is 16.6 Å². The normalized spacial score (nSPS) is 22.5. The molecule has 2 fully saturated rings. The zero-order chi connectivity index (χ0) is 32.0. The van der Waals surface area contributed by atoms with Crippen molar-refractivity contribution in [1.82, 2.24) is 24.3 Å². The molecule has 3 aromatic rings. The van der Waals surface area contributed by atoms with Crippen molar-refractivity contribution in [3.8, 4) is 16.9 Å². The Balaban J connectivity index is 1.44. The van der Waals surface area contributed by atoms with Gasteiger partial charge in [-0.05, 0) is 64.6 Å². The molecule has 240 valence electrons. The molecule has 1 amide bonds. The number of hydrogen-bond donors (Lipinski definition) is 0. The number of benzene rings is 2. The summed E-state index contributed by atoms with van der Waals surface area (Å²) in [6.07, 6.45) is 2.87. The minimum atomic E-state index is -0.779. The molecule has 6 rings (SSSR count). The molecule has 4 heterocycles. The number of carbonyl (C=O) groups is 1. The Kier molecular flexibility index (Phi) is 8.87. The van der Waals surface area contributed by atoms with Crippen LogP contribution in [0.25, 0.3) is 22.0 Å². The molecule has 0 N–H and O–H groups in total. The smallest absolute Gasteiger partial charge is 0.350 e. The molecule has 3 aliphatic rings. The topological polar surface area (TPSA) is 74.1 Å². The number of likely N-dealkylation sites (N-methyl/N-ethyl adjacent to an activating group) is 1. The highest BCUT2D eigenvalue weighted by Crippen LogP contribution is 2.47. The summed E-state index contributed by atoms with van der Waals surface area (Å²) in [5.74, 6) is -0.920. The standard InChI is InChI=1S/C33H39ClF2N6O3/c1-5-28(43)40-17-21(3)41(18-20(40)2)32-25-16-26(34)29(24-9-8-22(35)15-27(24)36)31-30(25)42(33(44)37-32)23(19-45-31)7-6-10-39-13-11-38(4)12-14-39/h5,8-9,15-16,20-21,23H,1,6-7,10-14,17-19H2,2-4H3/t20-,21+,23-/m1/s1. The lowest BCUT2D eigenvalue weighted by Gasteiger charge is -2.45. The molecule has 0 spiro atoms. The molecule has 0 unspecified atom stereocenters. The van der Waals surface area contributed by atoms with Crippen molar-refractivity contribution >= 4 is 34.2 Å². The highest BCUT2D eigenvalue weighted by molar-refractivity contribution is 6.35. The van der Waals surface area contributed by atoms with Crippen LogP contribution in [-0.2, 0) is 4.79 Å². The molecule has 3 aliphatic heterocycles. The Labute approximate surface area is 266 Å². The third-order valence-corrected chi connectivity index (χ3v) is 9.70. The van der Waals surface area contributed by atoms with Gasteiger partial charge in [0.25, 0.3) is 0 Å². The number of nitrogens with zero attached hydrogens (tertiary/aromatic N) is 6. The summed E-state index contributed by atoms with van der Waals surface area (Å²) in [4.78, 5) is 39.7. The van der Waals surface area contributed by atoms with Gasteiger partial charge in [-0.25, -0.2) is 13.6 Å². The molecule has 2 saturated heterocycles. The average Bonchev–Trinajstić information content (AvgIpc) is 3.01. The summed E-state index contributed by atoms with van der Waals surface area (Å²) >= 11 is 6.88. The number of halogens is 3.